The maximum Gasteiger partial charge on any atom is 0.132 e. The van der Waals surface area contributed by atoms with E-state index in [2.05, 4.69) is 55.5 Å². The lowest BCUT2D eigenvalue weighted by molar-refractivity contribution is 0.110. The van der Waals surface area contributed by atoms with E-state index in [9.17, 15) is 0 Å². The smallest absolute Gasteiger partial charge is 0.132 e. The molecule has 100 valence electrons. The van der Waals surface area contributed by atoms with Gasteiger partial charge in [0.25, 0.3) is 0 Å². The Labute approximate surface area is 120 Å². The van der Waals surface area contributed by atoms with Crippen LogP contribution >= 0.6 is 11.8 Å². The Bertz CT molecular complexity index is 455. The molecule has 1 atom stereocenters. The Morgan fingerprint density at radius 1 is 0.947 bits per heavy atom. The molecule has 0 spiro atoms. The molecule has 1 nitrogen and oxygen atoms in total. The molecule has 0 saturated heterocycles. The number of hydrogen-bond acceptors (Lipinski definition) is 2. The number of rotatable bonds is 7. The zero-order chi connectivity index (χ0) is 13.3. The molecule has 0 saturated carbocycles. The van der Waals surface area contributed by atoms with Crippen molar-refractivity contribution in [3.05, 3.63) is 66.2 Å². The molecular formula is C17H20OS. The van der Waals surface area contributed by atoms with Crippen LogP contribution in [-0.2, 0) is 4.74 Å². The molecule has 0 fully saturated rings. The van der Waals surface area contributed by atoms with Crippen LogP contribution in [0.5, 0.6) is 0 Å². The van der Waals surface area contributed by atoms with Gasteiger partial charge in [0.1, 0.15) is 5.44 Å². The second kappa shape index (κ2) is 8.03. The minimum atomic E-state index is 0.0788. The van der Waals surface area contributed by atoms with Gasteiger partial charge in [-0.1, -0.05) is 73.6 Å². The minimum absolute atomic E-state index is 0.0788. The molecule has 0 bridgehead atoms. The lowest BCUT2D eigenvalue weighted by Gasteiger charge is -2.18. The van der Waals surface area contributed by atoms with Crippen molar-refractivity contribution in [3.8, 4) is 0 Å². The summed E-state index contributed by atoms with van der Waals surface area (Å²) in [4.78, 5) is 1.24. The topological polar surface area (TPSA) is 9.23 Å². The number of unbranched alkanes of at least 4 members (excludes halogenated alkanes) is 1. The zero-order valence-electron chi connectivity index (χ0n) is 11.3. The van der Waals surface area contributed by atoms with Gasteiger partial charge in [-0.15, -0.1) is 0 Å². The first kappa shape index (κ1) is 14.2. The molecule has 0 N–H and O–H groups in total. The van der Waals surface area contributed by atoms with Crippen LogP contribution in [0.3, 0.4) is 0 Å². The van der Waals surface area contributed by atoms with E-state index < -0.39 is 0 Å². The molecular weight excluding hydrogens is 252 g/mol. The summed E-state index contributed by atoms with van der Waals surface area (Å²) >= 11 is 1.77. The summed E-state index contributed by atoms with van der Waals surface area (Å²) in [6, 6.07) is 20.9. The average Bonchev–Trinajstić information content (AvgIpc) is 2.48. The van der Waals surface area contributed by atoms with Gasteiger partial charge in [-0.25, -0.2) is 0 Å². The van der Waals surface area contributed by atoms with Crippen LogP contribution in [0.4, 0.5) is 0 Å². The van der Waals surface area contributed by atoms with Crippen molar-refractivity contribution in [1.29, 1.82) is 0 Å². The Hall–Kier alpha value is -1.25. The Balaban J connectivity index is 2.06. The van der Waals surface area contributed by atoms with Crippen LogP contribution in [0.25, 0.3) is 0 Å². The van der Waals surface area contributed by atoms with Crippen molar-refractivity contribution >= 4 is 11.8 Å². The molecule has 1 unspecified atom stereocenters. The predicted molar refractivity (Wildman–Crippen MR) is 82.3 cm³/mol. The van der Waals surface area contributed by atoms with Crippen LogP contribution in [0.2, 0.25) is 0 Å². The monoisotopic (exact) mass is 272 g/mol. The molecule has 0 aliphatic rings. The van der Waals surface area contributed by atoms with Gasteiger partial charge in [-0.3, -0.25) is 0 Å². The summed E-state index contributed by atoms with van der Waals surface area (Å²) in [5.74, 6) is 0. The number of benzene rings is 2. The summed E-state index contributed by atoms with van der Waals surface area (Å²) in [5.41, 5.74) is 1.31. The van der Waals surface area contributed by atoms with E-state index in [-0.39, 0.29) is 5.44 Å². The second-order valence-electron chi connectivity index (χ2n) is 4.40. The van der Waals surface area contributed by atoms with Crippen LogP contribution in [0, 0.1) is 0 Å². The van der Waals surface area contributed by atoms with Gasteiger partial charge in [0.2, 0.25) is 0 Å². The Kier molecular flexibility index (Phi) is 5.99. The highest BCUT2D eigenvalue weighted by Gasteiger charge is 2.12. The highest BCUT2D eigenvalue weighted by Crippen LogP contribution is 2.36. The zero-order valence-corrected chi connectivity index (χ0v) is 12.1. The van der Waals surface area contributed by atoms with Gasteiger partial charge in [0, 0.05) is 11.5 Å². The van der Waals surface area contributed by atoms with E-state index in [1.54, 1.807) is 11.8 Å². The lowest BCUT2D eigenvalue weighted by Crippen LogP contribution is -2.02. The molecule has 0 aromatic heterocycles. The molecule has 0 amide bonds. The van der Waals surface area contributed by atoms with Crippen LogP contribution in [0.1, 0.15) is 30.8 Å². The number of hydrogen-bond donors (Lipinski definition) is 0. The van der Waals surface area contributed by atoms with Crippen molar-refractivity contribution in [1.82, 2.24) is 0 Å². The van der Waals surface area contributed by atoms with E-state index in [1.165, 1.54) is 10.5 Å². The molecule has 2 aromatic rings. The molecule has 0 radical (unpaired) electrons. The van der Waals surface area contributed by atoms with E-state index >= 15 is 0 Å². The van der Waals surface area contributed by atoms with Gasteiger partial charge in [-0.05, 0) is 24.1 Å². The second-order valence-corrected chi connectivity index (χ2v) is 5.53. The molecule has 0 aliphatic heterocycles. The molecule has 2 heteroatoms. The third-order valence-electron chi connectivity index (χ3n) is 2.83. The first-order valence-corrected chi connectivity index (χ1v) is 7.66. The third kappa shape index (κ3) is 4.73. The van der Waals surface area contributed by atoms with Crippen molar-refractivity contribution in [3.63, 3.8) is 0 Å². The largest absolute Gasteiger partial charge is 0.362 e. The summed E-state index contributed by atoms with van der Waals surface area (Å²) in [6.07, 6.45) is 2.27. The van der Waals surface area contributed by atoms with Gasteiger partial charge >= 0.3 is 0 Å². The number of ether oxygens (including phenoxy) is 1. The summed E-state index contributed by atoms with van der Waals surface area (Å²) < 4.78 is 6.04. The maximum absolute atomic E-state index is 6.04. The first-order valence-electron chi connectivity index (χ1n) is 6.78. The average molecular weight is 272 g/mol. The van der Waals surface area contributed by atoms with E-state index in [0.717, 1.165) is 19.4 Å². The van der Waals surface area contributed by atoms with Gasteiger partial charge in [0.15, 0.2) is 0 Å². The first-order chi connectivity index (χ1) is 9.40. The van der Waals surface area contributed by atoms with E-state index in [4.69, 9.17) is 4.74 Å². The van der Waals surface area contributed by atoms with Crippen molar-refractivity contribution < 1.29 is 4.74 Å². The molecule has 19 heavy (non-hydrogen) atoms. The minimum Gasteiger partial charge on any atom is -0.362 e. The van der Waals surface area contributed by atoms with Gasteiger partial charge in [-0.2, -0.15) is 0 Å². The predicted octanol–water partition coefficient (Wildman–Crippen LogP) is 5.29. The molecule has 0 heterocycles. The van der Waals surface area contributed by atoms with Crippen molar-refractivity contribution in [2.45, 2.75) is 30.1 Å². The maximum atomic E-state index is 6.04. The van der Waals surface area contributed by atoms with Gasteiger partial charge in [0.05, 0.1) is 0 Å². The van der Waals surface area contributed by atoms with Crippen molar-refractivity contribution in [2.75, 3.05) is 6.61 Å². The fourth-order valence-corrected chi connectivity index (χ4v) is 2.78. The summed E-state index contributed by atoms with van der Waals surface area (Å²) in [7, 11) is 0. The molecule has 2 rings (SSSR count). The Morgan fingerprint density at radius 2 is 1.58 bits per heavy atom. The van der Waals surface area contributed by atoms with E-state index in [1.807, 2.05) is 12.1 Å². The summed E-state index contributed by atoms with van der Waals surface area (Å²) in [6.45, 7) is 3.00. The molecule has 0 aliphatic carbocycles. The van der Waals surface area contributed by atoms with Crippen molar-refractivity contribution in [2.24, 2.45) is 0 Å². The Morgan fingerprint density at radius 3 is 2.21 bits per heavy atom. The normalized spacial score (nSPS) is 12.3. The van der Waals surface area contributed by atoms with Crippen LogP contribution in [-0.4, -0.2) is 6.61 Å². The SMILES string of the molecule is CCCCOC(Sc1ccccc1)c1ccccc1. The summed E-state index contributed by atoms with van der Waals surface area (Å²) in [5, 5.41) is 0. The lowest BCUT2D eigenvalue weighted by atomic mass is 10.2. The van der Waals surface area contributed by atoms with Crippen LogP contribution < -0.4 is 0 Å². The van der Waals surface area contributed by atoms with E-state index in [0.29, 0.717) is 0 Å². The highest BCUT2D eigenvalue weighted by atomic mass is 32.2. The highest BCUT2D eigenvalue weighted by molar-refractivity contribution is 7.99. The fourth-order valence-electron chi connectivity index (χ4n) is 1.77. The third-order valence-corrected chi connectivity index (χ3v) is 3.99. The standard InChI is InChI=1S/C17H20OS/c1-2-3-14-18-17(15-10-6-4-7-11-15)19-16-12-8-5-9-13-16/h4-13,17H,2-3,14H2,1H3. The fraction of sp³-hybridized carbons (Fsp3) is 0.294. The number of thioether (sulfide) groups is 1. The van der Waals surface area contributed by atoms with Gasteiger partial charge < -0.3 is 4.74 Å². The quantitative estimate of drug-likeness (QED) is 0.384. The van der Waals surface area contributed by atoms with Crippen LogP contribution in [0.15, 0.2) is 65.6 Å². The molecule has 2 aromatic carbocycles.